The number of rotatable bonds is 4. The van der Waals surface area contributed by atoms with Crippen LogP contribution in [0.1, 0.15) is 36.9 Å². The summed E-state index contributed by atoms with van der Waals surface area (Å²) in [6.07, 6.45) is 2.25. The zero-order valence-electron chi connectivity index (χ0n) is 12.6. The van der Waals surface area contributed by atoms with Gasteiger partial charge in [0.25, 0.3) is 0 Å². The van der Waals surface area contributed by atoms with Gasteiger partial charge in [-0.15, -0.1) is 0 Å². The van der Waals surface area contributed by atoms with Gasteiger partial charge in [0.2, 0.25) is 0 Å². The van der Waals surface area contributed by atoms with E-state index >= 15 is 0 Å². The van der Waals surface area contributed by atoms with E-state index in [2.05, 4.69) is 35.3 Å². The first-order valence-corrected chi connectivity index (χ1v) is 8.41. The Morgan fingerprint density at radius 2 is 1.95 bits per heavy atom. The lowest BCUT2D eigenvalue weighted by Crippen LogP contribution is -2.47. The smallest absolute Gasteiger partial charge is 0.174 e. The molecule has 1 aliphatic heterocycles. The fraction of sp³-hybridized carbons (Fsp3) is 0.278. The summed E-state index contributed by atoms with van der Waals surface area (Å²) in [6, 6.07) is 16.5. The van der Waals surface area contributed by atoms with Crippen LogP contribution in [0.3, 0.4) is 0 Å². The number of benzene rings is 2. The number of hydrogen-bond acceptors (Lipinski definition) is 1. The number of nitrogens with zero attached hydrogens (tertiary/aromatic N) is 1. The Morgan fingerprint density at radius 3 is 2.68 bits per heavy atom. The largest absolute Gasteiger partial charge is 0.351 e. The molecular weight excluding hydrogens is 312 g/mol. The SMILES string of the molecule is CCCCN1C(=S)NC(c2ccccc2)c2cc(Cl)ccc21. The van der Waals surface area contributed by atoms with E-state index in [1.54, 1.807) is 0 Å². The van der Waals surface area contributed by atoms with Crippen LogP contribution in [-0.4, -0.2) is 11.7 Å². The summed E-state index contributed by atoms with van der Waals surface area (Å²) in [5.74, 6) is 0. The van der Waals surface area contributed by atoms with Gasteiger partial charge in [0.05, 0.1) is 6.04 Å². The minimum atomic E-state index is 0.0558. The van der Waals surface area contributed by atoms with Crippen molar-refractivity contribution in [3.63, 3.8) is 0 Å². The molecule has 4 heteroatoms. The third-order valence-corrected chi connectivity index (χ3v) is 4.55. The Kier molecular flexibility index (Phi) is 4.65. The molecule has 3 rings (SSSR count). The normalized spacial score (nSPS) is 17.1. The lowest BCUT2D eigenvalue weighted by molar-refractivity contribution is 0.706. The maximum Gasteiger partial charge on any atom is 0.174 e. The maximum atomic E-state index is 6.24. The number of hydrogen-bond donors (Lipinski definition) is 1. The molecule has 0 radical (unpaired) electrons. The number of unbranched alkanes of at least 4 members (excludes halogenated alkanes) is 1. The minimum Gasteiger partial charge on any atom is -0.351 e. The Hall–Kier alpha value is -1.58. The summed E-state index contributed by atoms with van der Waals surface area (Å²) in [5.41, 5.74) is 3.54. The van der Waals surface area contributed by atoms with Crippen molar-refractivity contribution in [1.82, 2.24) is 5.32 Å². The van der Waals surface area contributed by atoms with Gasteiger partial charge in [0.1, 0.15) is 0 Å². The lowest BCUT2D eigenvalue weighted by atomic mass is 9.95. The van der Waals surface area contributed by atoms with Gasteiger partial charge in [0, 0.05) is 22.8 Å². The van der Waals surface area contributed by atoms with Crippen molar-refractivity contribution < 1.29 is 0 Å². The Labute approximate surface area is 142 Å². The number of halogens is 1. The van der Waals surface area contributed by atoms with Gasteiger partial charge in [-0.25, -0.2) is 0 Å². The lowest BCUT2D eigenvalue weighted by Gasteiger charge is -2.37. The van der Waals surface area contributed by atoms with Crippen molar-refractivity contribution in [2.45, 2.75) is 25.8 Å². The van der Waals surface area contributed by atoms with E-state index < -0.39 is 0 Å². The van der Waals surface area contributed by atoms with Crippen LogP contribution >= 0.6 is 23.8 Å². The number of nitrogens with one attached hydrogen (secondary N) is 1. The fourth-order valence-electron chi connectivity index (χ4n) is 2.84. The molecule has 1 heterocycles. The average Bonchev–Trinajstić information content (AvgIpc) is 2.54. The standard InChI is InChI=1S/C18H19ClN2S/c1-2-3-11-21-16-10-9-14(19)12-15(16)17(20-18(21)22)13-7-5-4-6-8-13/h4-10,12,17H,2-3,11H2,1H3,(H,20,22). The summed E-state index contributed by atoms with van der Waals surface area (Å²) in [5, 5.41) is 5.02. The predicted molar refractivity (Wildman–Crippen MR) is 97.7 cm³/mol. The van der Waals surface area contributed by atoms with Crippen molar-refractivity contribution in [1.29, 1.82) is 0 Å². The average molecular weight is 331 g/mol. The van der Waals surface area contributed by atoms with Crippen molar-refractivity contribution in [3.8, 4) is 0 Å². The third kappa shape index (κ3) is 2.96. The fourth-order valence-corrected chi connectivity index (χ4v) is 3.33. The van der Waals surface area contributed by atoms with Gasteiger partial charge in [-0.05, 0) is 42.4 Å². The number of thiocarbonyl (C=S) groups is 1. The van der Waals surface area contributed by atoms with Crippen LogP contribution in [0.5, 0.6) is 0 Å². The van der Waals surface area contributed by atoms with Crippen LogP contribution in [0.4, 0.5) is 5.69 Å². The van der Waals surface area contributed by atoms with Crippen LogP contribution in [0.25, 0.3) is 0 Å². The molecule has 1 N–H and O–H groups in total. The van der Waals surface area contributed by atoms with Crippen molar-refractivity contribution in [2.24, 2.45) is 0 Å². The highest BCUT2D eigenvalue weighted by Crippen LogP contribution is 2.36. The molecule has 0 fully saturated rings. The van der Waals surface area contributed by atoms with E-state index in [1.807, 2.05) is 30.3 Å². The summed E-state index contributed by atoms with van der Waals surface area (Å²) >= 11 is 11.8. The molecule has 2 aromatic rings. The molecule has 2 aromatic carbocycles. The quantitative estimate of drug-likeness (QED) is 0.801. The monoisotopic (exact) mass is 330 g/mol. The number of fused-ring (bicyclic) bond motifs is 1. The molecule has 1 atom stereocenters. The van der Waals surface area contributed by atoms with Crippen LogP contribution in [0.2, 0.25) is 5.02 Å². The molecule has 0 amide bonds. The molecular formula is C18H19ClN2S. The molecule has 1 unspecified atom stereocenters. The van der Waals surface area contributed by atoms with Gasteiger partial charge in [-0.2, -0.15) is 0 Å². The predicted octanol–water partition coefficient (Wildman–Crippen LogP) is 4.92. The molecule has 0 saturated carbocycles. The van der Waals surface area contributed by atoms with E-state index in [-0.39, 0.29) is 6.04 Å². The van der Waals surface area contributed by atoms with Crippen LogP contribution < -0.4 is 10.2 Å². The highest BCUT2D eigenvalue weighted by atomic mass is 35.5. The van der Waals surface area contributed by atoms with Gasteiger partial charge in [0.15, 0.2) is 5.11 Å². The second-order valence-corrected chi connectivity index (χ2v) is 6.32. The molecule has 0 aromatic heterocycles. The van der Waals surface area contributed by atoms with Crippen LogP contribution in [0.15, 0.2) is 48.5 Å². The summed E-state index contributed by atoms with van der Waals surface area (Å²) in [7, 11) is 0. The molecule has 0 spiro atoms. The summed E-state index contributed by atoms with van der Waals surface area (Å²) in [4.78, 5) is 2.18. The molecule has 0 aliphatic carbocycles. The van der Waals surface area contributed by atoms with Crippen LogP contribution in [-0.2, 0) is 0 Å². The molecule has 114 valence electrons. The second kappa shape index (κ2) is 6.67. The number of anilines is 1. The van der Waals surface area contributed by atoms with Crippen LogP contribution in [0, 0.1) is 0 Å². The molecule has 2 nitrogen and oxygen atoms in total. The molecule has 22 heavy (non-hydrogen) atoms. The van der Waals surface area contributed by atoms with E-state index in [0.29, 0.717) is 0 Å². The second-order valence-electron chi connectivity index (χ2n) is 5.50. The molecule has 0 bridgehead atoms. The minimum absolute atomic E-state index is 0.0558. The molecule has 0 saturated heterocycles. The Balaban J connectivity index is 2.05. The topological polar surface area (TPSA) is 15.3 Å². The van der Waals surface area contributed by atoms with E-state index in [9.17, 15) is 0 Å². The summed E-state index contributed by atoms with van der Waals surface area (Å²) < 4.78 is 0. The Morgan fingerprint density at radius 1 is 1.18 bits per heavy atom. The first-order chi connectivity index (χ1) is 10.7. The first-order valence-electron chi connectivity index (χ1n) is 7.63. The maximum absolute atomic E-state index is 6.24. The first kappa shape index (κ1) is 15.3. The highest BCUT2D eigenvalue weighted by molar-refractivity contribution is 7.80. The zero-order chi connectivity index (χ0) is 15.5. The van der Waals surface area contributed by atoms with E-state index in [4.69, 9.17) is 23.8 Å². The molecule has 1 aliphatic rings. The highest BCUT2D eigenvalue weighted by Gasteiger charge is 2.29. The van der Waals surface area contributed by atoms with Crippen molar-refractivity contribution >= 4 is 34.6 Å². The summed E-state index contributed by atoms with van der Waals surface area (Å²) in [6.45, 7) is 3.12. The Bertz CT molecular complexity index is 672. The van der Waals surface area contributed by atoms with Crippen molar-refractivity contribution in [2.75, 3.05) is 11.4 Å². The van der Waals surface area contributed by atoms with Crippen molar-refractivity contribution in [3.05, 3.63) is 64.7 Å². The van der Waals surface area contributed by atoms with Gasteiger partial charge in [-0.3, -0.25) is 0 Å². The van der Waals surface area contributed by atoms with E-state index in [1.165, 1.54) is 11.1 Å². The third-order valence-electron chi connectivity index (χ3n) is 3.97. The van der Waals surface area contributed by atoms with Gasteiger partial charge in [-0.1, -0.05) is 55.3 Å². The van der Waals surface area contributed by atoms with Gasteiger partial charge >= 0.3 is 0 Å². The zero-order valence-corrected chi connectivity index (χ0v) is 14.1. The van der Waals surface area contributed by atoms with E-state index in [0.717, 1.165) is 35.2 Å². The van der Waals surface area contributed by atoms with Gasteiger partial charge < -0.3 is 10.2 Å².